The van der Waals surface area contributed by atoms with E-state index in [0.29, 0.717) is 25.3 Å². The summed E-state index contributed by atoms with van der Waals surface area (Å²) in [7, 11) is 1.48. The van der Waals surface area contributed by atoms with Gasteiger partial charge in [-0.3, -0.25) is 9.79 Å². The molecular weight excluding hydrogens is 299 g/mol. The molecule has 0 aromatic carbocycles. The van der Waals surface area contributed by atoms with Crippen LogP contribution >= 0.6 is 0 Å². The van der Waals surface area contributed by atoms with Crippen molar-refractivity contribution in [3.63, 3.8) is 0 Å². The van der Waals surface area contributed by atoms with Gasteiger partial charge in [0.2, 0.25) is 0 Å². The van der Waals surface area contributed by atoms with Gasteiger partial charge in [-0.25, -0.2) is 0 Å². The lowest BCUT2D eigenvalue weighted by atomic mass is 10.3. The van der Waals surface area contributed by atoms with Gasteiger partial charge in [0, 0.05) is 26.6 Å². The lowest BCUT2D eigenvalue weighted by molar-refractivity contribution is -0.148. The lowest BCUT2D eigenvalue weighted by Gasteiger charge is -2.13. The van der Waals surface area contributed by atoms with Crippen LogP contribution in [0, 0.1) is 0 Å². The van der Waals surface area contributed by atoms with E-state index in [1.54, 1.807) is 0 Å². The monoisotopic (exact) mass is 323 g/mol. The van der Waals surface area contributed by atoms with Crippen LogP contribution in [0.3, 0.4) is 0 Å². The largest absolute Gasteiger partial charge is 0.462 e. The summed E-state index contributed by atoms with van der Waals surface area (Å²) in [5.41, 5.74) is 0. The molecule has 0 amide bonds. The molecule has 0 radical (unpaired) electrons. The summed E-state index contributed by atoms with van der Waals surface area (Å²) in [6.07, 6.45) is -0.0817. The lowest BCUT2D eigenvalue weighted by Crippen LogP contribution is -2.39. The van der Waals surface area contributed by atoms with Gasteiger partial charge >= 0.3 is 12.1 Å². The Hall–Kier alpha value is -1.47. The SMILES string of the molecule is CN=C(NCCCC(=O)OC1CCCC1)NCCC(F)(F)F. The Kier molecular flexibility index (Phi) is 8.05. The van der Waals surface area contributed by atoms with E-state index < -0.39 is 12.6 Å². The second-order valence-electron chi connectivity index (χ2n) is 5.29. The molecule has 0 aromatic heterocycles. The first-order valence-corrected chi connectivity index (χ1v) is 7.61. The van der Waals surface area contributed by atoms with Crippen LogP contribution in [0.1, 0.15) is 44.9 Å². The summed E-state index contributed by atoms with van der Waals surface area (Å²) in [6, 6.07) is 0. The molecule has 128 valence electrons. The van der Waals surface area contributed by atoms with Gasteiger partial charge in [0.05, 0.1) is 6.42 Å². The van der Waals surface area contributed by atoms with Crippen LogP contribution in [-0.2, 0) is 9.53 Å². The number of ether oxygens (including phenoxy) is 1. The van der Waals surface area contributed by atoms with Crippen LogP contribution in [-0.4, -0.2) is 44.3 Å². The molecule has 1 fully saturated rings. The predicted octanol–water partition coefficient (Wildman–Crippen LogP) is 2.37. The zero-order chi connectivity index (χ0) is 16.4. The van der Waals surface area contributed by atoms with Crippen molar-refractivity contribution < 1.29 is 22.7 Å². The van der Waals surface area contributed by atoms with Gasteiger partial charge in [0.1, 0.15) is 6.10 Å². The predicted molar refractivity (Wildman–Crippen MR) is 77.6 cm³/mol. The molecule has 0 saturated heterocycles. The average molecular weight is 323 g/mol. The van der Waals surface area contributed by atoms with E-state index >= 15 is 0 Å². The van der Waals surface area contributed by atoms with Crippen molar-refractivity contribution in [1.82, 2.24) is 10.6 Å². The molecule has 0 aliphatic heterocycles. The van der Waals surface area contributed by atoms with E-state index in [9.17, 15) is 18.0 Å². The van der Waals surface area contributed by atoms with Gasteiger partial charge in [-0.15, -0.1) is 0 Å². The zero-order valence-electron chi connectivity index (χ0n) is 12.8. The Morgan fingerprint density at radius 1 is 1.23 bits per heavy atom. The maximum absolute atomic E-state index is 12.0. The zero-order valence-corrected chi connectivity index (χ0v) is 12.8. The first-order chi connectivity index (χ1) is 10.4. The number of nitrogens with zero attached hydrogens (tertiary/aromatic N) is 1. The number of nitrogens with one attached hydrogen (secondary N) is 2. The minimum atomic E-state index is -4.18. The van der Waals surface area contributed by atoms with Gasteiger partial charge in [-0.05, 0) is 32.1 Å². The number of carbonyl (C=O) groups excluding carboxylic acids is 1. The fourth-order valence-electron chi connectivity index (χ4n) is 2.23. The standard InChI is InChI=1S/C14H24F3N3O2/c1-18-13(20-10-8-14(15,16)17)19-9-4-7-12(21)22-11-5-2-3-6-11/h11H,2-10H2,1H3,(H2,18,19,20). The van der Waals surface area contributed by atoms with E-state index in [2.05, 4.69) is 15.6 Å². The molecule has 0 aromatic rings. The molecular formula is C14H24F3N3O2. The fourth-order valence-corrected chi connectivity index (χ4v) is 2.23. The van der Waals surface area contributed by atoms with Crippen molar-refractivity contribution in [2.75, 3.05) is 20.1 Å². The average Bonchev–Trinajstić information content (AvgIpc) is 2.93. The molecule has 1 aliphatic carbocycles. The Morgan fingerprint density at radius 3 is 2.45 bits per heavy atom. The van der Waals surface area contributed by atoms with Crippen molar-refractivity contribution in [3.8, 4) is 0 Å². The summed E-state index contributed by atoms with van der Waals surface area (Å²) < 4.78 is 41.4. The quantitative estimate of drug-likeness (QED) is 0.327. The summed E-state index contributed by atoms with van der Waals surface area (Å²) in [6.45, 7) is 0.221. The third-order valence-corrected chi connectivity index (χ3v) is 3.37. The molecule has 22 heavy (non-hydrogen) atoms. The summed E-state index contributed by atoms with van der Waals surface area (Å²) in [5, 5.41) is 5.44. The molecule has 0 heterocycles. The first-order valence-electron chi connectivity index (χ1n) is 7.61. The van der Waals surface area contributed by atoms with Gasteiger partial charge in [-0.2, -0.15) is 13.2 Å². The van der Waals surface area contributed by atoms with Crippen molar-refractivity contribution in [2.45, 2.75) is 57.2 Å². The number of rotatable bonds is 7. The molecule has 0 atom stereocenters. The van der Waals surface area contributed by atoms with Crippen LogP contribution in [0.25, 0.3) is 0 Å². The Labute approximate surface area is 128 Å². The number of carbonyl (C=O) groups is 1. The number of alkyl halides is 3. The van der Waals surface area contributed by atoms with Crippen molar-refractivity contribution >= 4 is 11.9 Å². The van der Waals surface area contributed by atoms with Crippen LogP contribution in [0.2, 0.25) is 0 Å². The Balaban J connectivity index is 2.07. The van der Waals surface area contributed by atoms with Crippen LogP contribution < -0.4 is 10.6 Å². The number of hydrogen-bond acceptors (Lipinski definition) is 3. The van der Waals surface area contributed by atoms with Crippen molar-refractivity contribution in [1.29, 1.82) is 0 Å². The van der Waals surface area contributed by atoms with E-state index in [1.165, 1.54) is 7.05 Å². The molecule has 2 N–H and O–H groups in total. The number of guanidine groups is 1. The fraction of sp³-hybridized carbons (Fsp3) is 0.857. The van der Waals surface area contributed by atoms with Crippen molar-refractivity contribution in [2.24, 2.45) is 4.99 Å². The highest BCUT2D eigenvalue weighted by Gasteiger charge is 2.26. The van der Waals surface area contributed by atoms with E-state index in [4.69, 9.17) is 4.74 Å². The molecule has 5 nitrogen and oxygen atoms in total. The van der Waals surface area contributed by atoms with E-state index in [1.807, 2.05) is 0 Å². The third-order valence-electron chi connectivity index (χ3n) is 3.37. The highest BCUT2D eigenvalue weighted by molar-refractivity contribution is 5.79. The van der Waals surface area contributed by atoms with E-state index in [0.717, 1.165) is 25.7 Å². The molecule has 0 bridgehead atoms. The topological polar surface area (TPSA) is 62.7 Å². The van der Waals surface area contributed by atoms with Gasteiger partial charge < -0.3 is 15.4 Å². The van der Waals surface area contributed by atoms with Crippen LogP contribution in [0.15, 0.2) is 4.99 Å². The molecule has 1 rings (SSSR count). The Morgan fingerprint density at radius 2 is 1.86 bits per heavy atom. The molecule has 0 spiro atoms. The summed E-state index contributed by atoms with van der Waals surface area (Å²) >= 11 is 0. The number of aliphatic imine (C=N–C) groups is 1. The minimum Gasteiger partial charge on any atom is -0.462 e. The number of hydrogen-bond donors (Lipinski definition) is 2. The number of halogens is 3. The maximum Gasteiger partial charge on any atom is 0.390 e. The van der Waals surface area contributed by atoms with Gasteiger partial charge in [0.25, 0.3) is 0 Å². The van der Waals surface area contributed by atoms with Crippen LogP contribution in [0.5, 0.6) is 0 Å². The maximum atomic E-state index is 12.0. The molecule has 8 heteroatoms. The minimum absolute atomic E-state index is 0.0669. The first kappa shape index (κ1) is 18.6. The Bertz CT molecular complexity index is 367. The van der Waals surface area contributed by atoms with Crippen LogP contribution in [0.4, 0.5) is 13.2 Å². The molecule has 1 aliphatic rings. The summed E-state index contributed by atoms with van der Waals surface area (Å²) in [4.78, 5) is 15.4. The molecule has 1 saturated carbocycles. The number of esters is 1. The smallest absolute Gasteiger partial charge is 0.390 e. The van der Waals surface area contributed by atoms with Gasteiger partial charge in [-0.1, -0.05) is 0 Å². The van der Waals surface area contributed by atoms with Gasteiger partial charge in [0.15, 0.2) is 5.96 Å². The van der Waals surface area contributed by atoms with Crippen molar-refractivity contribution in [3.05, 3.63) is 0 Å². The second-order valence-corrected chi connectivity index (χ2v) is 5.29. The highest BCUT2D eigenvalue weighted by Crippen LogP contribution is 2.21. The second kappa shape index (κ2) is 9.53. The third kappa shape index (κ3) is 8.74. The highest BCUT2D eigenvalue weighted by atomic mass is 19.4. The van der Waals surface area contributed by atoms with E-state index in [-0.39, 0.29) is 18.6 Å². The summed E-state index contributed by atoms with van der Waals surface area (Å²) in [5.74, 6) is 0.0853. The normalized spacial score (nSPS) is 16.6. The molecule has 0 unspecified atom stereocenters.